The molecule has 1 fully saturated rings. The van der Waals surface area contributed by atoms with Gasteiger partial charge >= 0.3 is 0 Å². The van der Waals surface area contributed by atoms with E-state index in [4.69, 9.17) is 0 Å². The van der Waals surface area contributed by atoms with Gasteiger partial charge in [0.1, 0.15) is 0 Å². The molecule has 1 N–H and O–H groups in total. The number of hydrogen-bond acceptors (Lipinski definition) is 2. The number of carbonyl (C=O) groups excluding carboxylic acids is 1. The van der Waals surface area contributed by atoms with Gasteiger partial charge in [0, 0.05) is 30.2 Å². The van der Waals surface area contributed by atoms with Crippen LogP contribution in [0.25, 0.3) is 10.9 Å². The first-order valence-corrected chi connectivity index (χ1v) is 13.9. The molecule has 1 atom stereocenters. The Labute approximate surface area is 220 Å². The summed E-state index contributed by atoms with van der Waals surface area (Å²) in [7, 11) is 0. The average molecular weight is 492 g/mol. The fourth-order valence-electron chi connectivity index (χ4n) is 6.24. The van der Waals surface area contributed by atoms with E-state index >= 15 is 0 Å². The van der Waals surface area contributed by atoms with Gasteiger partial charge in [0.2, 0.25) is 5.91 Å². The Morgan fingerprint density at radius 3 is 2.49 bits per heavy atom. The first kappa shape index (κ1) is 24.0. The third-order valence-corrected chi connectivity index (χ3v) is 8.39. The zero-order valence-corrected chi connectivity index (χ0v) is 21.8. The summed E-state index contributed by atoms with van der Waals surface area (Å²) in [6, 6.07) is 28.7. The van der Waals surface area contributed by atoms with Crippen molar-refractivity contribution in [2.24, 2.45) is 5.92 Å². The van der Waals surface area contributed by atoms with Crippen LogP contribution >= 0.6 is 0 Å². The molecule has 3 aromatic carbocycles. The molecular weight excluding hydrogens is 454 g/mol. The number of piperidine rings is 1. The fourth-order valence-corrected chi connectivity index (χ4v) is 6.24. The largest absolute Gasteiger partial charge is 0.349 e. The fraction of sp³-hybridized carbons (Fsp3) is 0.364. The molecule has 4 aromatic rings. The third kappa shape index (κ3) is 5.21. The normalized spacial score (nSPS) is 18.6. The summed E-state index contributed by atoms with van der Waals surface area (Å²) in [6.07, 6.45) is 5.18. The van der Waals surface area contributed by atoms with E-state index in [1.54, 1.807) is 0 Å². The highest BCUT2D eigenvalue weighted by molar-refractivity contribution is 5.81. The number of hydrogen-bond donors (Lipinski definition) is 1. The summed E-state index contributed by atoms with van der Waals surface area (Å²) < 4.78 is 2.47. The Hall–Kier alpha value is -3.37. The molecule has 4 heteroatoms. The Kier molecular flexibility index (Phi) is 6.84. The third-order valence-electron chi connectivity index (χ3n) is 8.39. The van der Waals surface area contributed by atoms with Crippen molar-refractivity contribution in [1.29, 1.82) is 0 Å². The van der Waals surface area contributed by atoms with Gasteiger partial charge in [0.25, 0.3) is 0 Å². The van der Waals surface area contributed by atoms with E-state index in [0.29, 0.717) is 0 Å². The van der Waals surface area contributed by atoms with Crippen molar-refractivity contribution in [2.45, 2.75) is 58.2 Å². The lowest BCUT2D eigenvalue weighted by atomic mass is 9.87. The molecule has 2 aliphatic rings. The highest BCUT2D eigenvalue weighted by Crippen LogP contribution is 2.31. The molecule has 1 aromatic heterocycles. The predicted octanol–water partition coefficient (Wildman–Crippen LogP) is 6.40. The van der Waals surface area contributed by atoms with Crippen LogP contribution in [-0.4, -0.2) is 28.5 Å². The van der Waals surface area contributed by atoms with Gasteiger partial charge in [0.15, 0.2) is 0 Å². The van der Waals surface area contributed by atoms with E-state index in [9.17, 15) is 4.79 Å². The molecule has 4 nitrogen and oxygen atoms in total. The summed E-state index contributed by atoms with van der Waals surface area (Å²) >= 11 is 0. The molecule has 37 heavy (non-hydrogen) atoms. The molecular formula is C33H37N3O. The molecule has 1 aliphatic carbocycles. The second kappa shape index (κ2) is 10.5. The van der Waals surface area contributed by atoms with E-state index in [-0.39, 0.29) is 17.9 Å². The maximum atomic E-state index is 13.2. The number of aryl methyl sites for hydroxylation is 2. The van der Waals surface area contributed by atoms with Crippen molar-refractivity contribution in [3.63, 3.8) is 0 Å². The number of para-hydroxylation sites is 1. The zero-order chi connectivity index (χ0) is 25.2. The molecule has 0 saturated carbocycles. The number of nitrogens with one attached hydrogen (secondary N) is 1. The monoisotopic (exact) mass is 491 g/mol. The summed E-state index contributed by atoms with van der Waals surface area (Å²) in [6.45, 7) is 5.87. The zero-order valence-electron chi connectivity index (χ0n) is 21.8. The van der Waals surface area contributed by atoms with Crippen LogP contribution in [0.5, 0.6) is 0 Å². The van der Waals surface area contributed by atoms with Gasteiger partial charge in [-0.3, -0.25) is 9.69 Å². The van der Waals surface area contributed by atoms with Crippen LogP contribution < -0.4 is 5.32 Å². The van der Waals surface area contributed by atoms with E-state index < -0.39 is 0 Å². The van der Waals surface area contributed by atoms with Crippen LogP contribution in [0.15, 0.2) is 78.9 Å². The molecule has 190 valence electrons. The number of nitrogens with zero attached hydrogens (tertiary/aromatic N) is 2. The van der Waals surface area contributed by atoms with E-state index in [1.165, 1.54) is 38.9 Å². The Morgan fingerprint density at radius 2 is 1.65 bits per heavy atom. The Morgan fingerprint density at radius 1 is 0.892 bits per heavy atom. The minimum Gasteiger partial charge on any atom is -0.349 e. The highest BCUT2D eigenvalue weighted by atomic mass is 16.1. The van der Waals surface area contributed by atoms with Crippen molar-refractivity contribution < 1.29 is 4.79 Å². The number of benzene rings is 3. The second-order valence-electron chi connectivity index (χ2n) is 11.0. The van der Waals surface area contributed by atoms with Crippen LogP contribution in [-0.2, 0) is 24.3 Å². The van der Waals surface area contributed by atoms with E-state index in [2.05, 4.69) is 101 Å². The standard InChI is InChI=1S/C33H37N3O/c1-24-13-15-25(16-14-24)22-36-29(21-28-8-3-5-12-32(28)36)23-35-19-17-27(18-20-35)33(37)34-31-11-6-9-26-7-2-4-10-30(26)31/h2-5,7-8,10,12-16,21,27,31H,6,9,11,17-20,22-23H2,1H3,(H,34,37). The Balaban J connectivity index is 1.11. The van der Waals surface area contributed by atoms with E-state index in [0.717, 1.165) is 58.3 Å². The van der Waals surface area contributed by atoms with Gasteiger partial charge < -0.3 is 9.88 Å². The summed E-state index contributed by atoms with van der Waals surface area (Å²) in [4.78, 5) is 15.7. The topological polar surface area (TPSA) is 37.3 Å². The van der Waals surface area contributed by atoms with Gasteiger partial charge in [0.05, 0.1) is 6.04 Å². The smallest absolute Gasteiger partial charge is 0.223 e. The minimum atomic E-state index is 0.115. The van der Waals surface area contributed by atoms with Gasteiger partial charge in [-0.15, -0.1) is 0 Å². The van der Waals surface area contributed by atoms with Crippen LogP contribution in [0, 0.1) is 12.8 Å². The summed E-state index contributed by atoms with van der Waals surface area (Å²) in [5.41, 5.74) is 7.98. The SMILES string of the molecule is Cc1ccc(Cn2c(CN3CCC(C(=O)NC4CCCc5ccccc54)CC3)cc3ccccc32)cc1. The molecule has 1 saturated heterocycles. The van der Waals surface area contributed by atoms with Gasteiger partial charge in [-0.1, -0.05) is 72.3 Å². The number of amides is 1. The van der Waals surface area contributed by atoms with Crippen LogP contribution in [0.4, 0.5) is 0 Å². The number of rotatable bonds is 6. The van der Waals surface area contributed by atoms with Crippen molar-refractivity contribution in [3.05, 3.63) is 107 Å². The number of likely N-dealkylation sites (tertiary alicyclic amines) is 1. The number of fused-ring (bicyclic) bond motifs is 2. The van der Waals surface area contributed by atoms with Crippen molar-refractivity contribution >= 4 is 16.8 Å². The first-order valence-electron chi connectivity index (χ1n) is 13.9. The van der Waals surface area contributed by atoms with Gasteiger partial charge in [-0.25, -0.2) is 0 Å². The molecule has 6 rings (SSSR count). The highest BCUT2D eigenvalue weighted by Gasteiger charge is 2.29. The lowest BCUT2D eigenvalue weighted by Crippen LogP contribution is -2.42. The average Bonchev–Trinajstić information content (AvgIpc) is 3.27. The molecule has 1 unspecified atom stereocenters. The van der Waals surface area contributed by atoms with Crippen molar-refractivity contribution in [2.75, 3.05) is 13.1 Å². The minimum absolute atomic E-state index is 0.115. The quantitative estimate of drug-likeness (QED) is 0.339. The molecule has 2 heterocycles. The number of aromatic nitrogens is 1. The van der Waals surface area contributed by atoms with Gasteiger partial charge in [-0.05, 0) is 86.3 Å². The van der Waals surface area contributed by atoms with Crippen molar-refractivity contribution in [3.8, 4) is 0 Å². The number of carbonyl (C=O) groups is 1. The predicted molar refractivity (Wildman–Crippen MR) is 150 cm³/mol. The lowest BCUT2D eigenvalue weighted by Gasteiger charge is -2.33. The van der Waals surface area contributed by atoms with Crippen LogP contribution in [0.1, 0.15) is 59.7 Å². The van der Waals surface area contributed by atoms with E-state index in [1.807, 2.05) is 0 Å². The molecule has 0 spiro atoms. The Bertz CT molecular complexity index is 1380. The van der Waals surface area contributed by atoms with Gasteiger partial charge in [-0.2, -0.15) is 0 Å². The lowest BCUT2D eigenvalue weighted by molar-refractivity contribution is -0.127. The second-order valence-corrected chi connectivity index (χ2v) is 11.0. The maximum absolute atomic E-state index is 13.2. The maximum Gasteiger partial charge on any atom is 0.223 e. The van der Waals surface area contributed by atoms with Crippen LogP contribution in [0.3, 0.4) is 0 Å². The molecule has 1 amide bonds. The molecule has 0 radical (unpaired) electrons. The van der Waals surface area contributed by atoms with Crippen LogP contribution in [0.2, 0.25) is 0 Å². The summed E-state index contributed by atoms with van der Waals surface area (Å²) in [5, 5.41) is 4.70. The summed E-state index contributed by atoms with van der Waals surface area (Å²) in [5.74, 6) is 0.360. The molecule has 0 bridgehead atoms. The van der Waals surface area contributed by atoms with Crippen molar-refractivity contribution in [1.82, 2.24) is 14.8 Å². The first-order chi connectivity index (χ1) is 18.1. The molecule has 1 aliphatic heterocycles.